The Hall–Kier alpha value is -3.55. The summed E-state index contributed by atoms with van der Waals surface area (Å²) in [7, 11) is 0. The molecule has 7 rings (SSSR count). The Kier molecular flexibility index (Phi) is 9.96. The fraction of sp³-hybridized carbons (Fsp3) is 0.500. The molecule has 1 aliphatic heterocycles. The fourth-order valence-corrected chi connectivity index (χ4v) is 7.62. The number of rotatable bonds is 6. The Morgan fingerprint density at radius 2 is 1.13 bits per heavy atom. The molecule has 2 aromatic heterocycles. The molecule has 7 nitrogen and oxygen atoms in total. The average Bonchev–Trinajstić information content (AvgIpc) is 3.59. The van der Waals surface area contributed by atoms with E-state index in [1.165, 1.54) is 75.3 Å². The number of hydrogen-bond acceptors (Lipinski definition) is 5. The Morgan fingerprint density at radius 1 is 0.667 bits per heavy atom. The Bertz CT molecular complexity index is 1770. The lowest BCUT2D eigenvalue weighted by atomic mass is 9.83. The summed E-state index contributed by atoms with van der Waals surface area (Å²) in [5.74, 6) is 1.23. The van der Waals surface area contributed by atoms with Gasteiger partial charge in [-0.15, -0.1) is 0 Å². The number of aryl methyl sites for hydroxylation is 2. The topological polar surface area (TPSA) is 79.5 Å². The molecule has 0 radical (unpaired) electrons. The van der Waals surface area contributed by atoms with Crippen LogP contribution in [-0.2, 0) is 27.4 Å². The van der Waals surface area contributed by atoms with Gasteiger partial charge < -0.3 is 23.4 Å². The van der Waals surface area contributed by atoms with Gasteiger partial charge in [0.1, 0.15) is 6.29 Å². The summed E-state index contributed by atoms with van der Waals surface area (Å²) in [5, 5.41) is 2.21. The van der Waals surface area contributed by atoms with Crippen molar-refractivity contribution in [2.24, 2.45) is 0 Å². The first kappa shape index (κ1) is 31.4. The van der Waals surface area contributed by atoms with E-state index in [0.717, 1.165) is 39.2 Å². The van der Waals surface area contributed by atoms with Gasteiger partial charge in [-0.3, -0.25) is 9.59 Å². The number of carbonyl (C=O) groups excluding carboxylic acids is 1. The first-order valence-electron chi connectivity index (χ1n) is 16.9. The second-order valence-electron chi connectivity index (χ2n) is 13.1. The quantitative estimate of drug-likeness (QED) is 0.214. The van der Waals surface area contributed by atoms with Gasteiger partial charge in [-0.05, 0) is 85.8 Å². The van der Waals surface area contributed by atoms with Gasteiger partial charge in [0.25, 0.3) is 11.1 Å². The maximum atomic E-state index is 12.6. The lowest BCUT2D eigenvalue weighted by Crippen LogP contribution is -2.27. The van der Waals surface area contributed by atoms with Crippen molar-refractivity contribution >= 4 is 28.1 Å². The summed E-state index contributed by atoms with van der Waals surface area (Å²) in [5.41, 5.74) is 6.55. The third kappa shape index (κ3) is 7.00. The van der Waals surface area contributed by atoms with E-state index in [4.69, 9.17) is 9.47 Å². The van der Waals surface area contributed by atoms with Crippen molar-refractivity contribution in [1.82, 2.24) is 9.13 Å². The Morgan fingerprint density at radius 3 is 1.62 bits per heavy atom. The normalized spacial score (nSPS) is 18.3. The Labute approximate surface area is 265 Å². The van der Waals surface area contributed by atoms with Gasteiger partial charge in [-0.25, -0.2) is 0 Å². The van der Waals surface area contributed by atoms with E-state index in [0.29, 0.717) is 31.6 Å². The third-order valence-corrected chi connectivity index (χ3v) is 10.1. The largest absolute Gasteiger partial charge is 0.348 e. The highest BCUT2D eigenvalue weighted by Crippen LogP contribution is 2.35. The zero-order chi connectivity index (χ0) is 31.3. The number of fused-ring (bicyclic) bond motifs is 2. The van der Waals surface area contributed by atoms with Crippen LogP contribution in [0.25, 0.3) is 21.8 Å². The fourth-order valence-electron chi connectivity index (χ4n) is 7.62. The van der Waals surface area contributed by atoms with Gasteiger partial charge in [0.2, 0.25) is 0 Å². The van der Waals surface area contributed by atoms with Crippen molar-refractivity contribution in [1.29, 1.82) is 0 Å². The molecule has 2 aliphatic carbocycles. The summed E-state index contributed by atoms with van der Waals surface area (Å²) in [4.78, 5) is 35.6. The van der Waals surface area contributed by atoms with E-state index in [2.05, 4.69) is 36.4 Å². The number of hydrogen-bond donors (Lipinski definition) is 0. The SMILES string of the molecule is Cc1cc(=O)n(CC2OCCO2)c2cc(C3CCCCC3)ccc12.Cc1cc(=O)n(CC=O)c2cc(C3CCCCC3)ccc12. The molecule has 0 unspecified atom stereocenters. The summed E-state index contributed by atoms with van der Waals surface area (Å²) < 4.78 is 14.5. The van der Waals surface area contributed by atoms with Gasteiger partial charge in [0.05, 0.1) is 37.3 Å². The molecule has 7 heteroatoms. The van der Waals surface area contributed by atoms with E-state index < -0.39 is 0 Å². The van der Waals surface area contributed by atoms with Gasteiger partial charge in [0.15, 0.2) is 6.29 Å². The molecule has 45 heavy (non-hydrogen) atoms. The molecule has 1 saturated heterocycles. The van der Waals surface area contributed by atoms with Crippen LogP contribution >= 0.6 is 0 Å². The molecule has 3 fully saturated rings. The highest BCUT2D eigenvalue weighted by molar-refractivity contribution is 5.84. The van der Waals surface area contributed by atoms with E-state index in [9.17, 15) is 14.4 Å². The van der Waals surface area contributed by atoms with Crippen LogP contribution in [0.4, 0.5) is 0 Å². The number of nitrogens with zero attached hydrogens (tertiary/aromatic N) is 2. The van der Waals surface area contributed by atoms with E-state index in [-0.39, 0.29) is 24.0 Å². The summed E-state index contributed by atoms with van der Waals surface area (Å²) in [6, 6.07) is 16.4. The zero-order valence-corrected chi connectivity index (χ0v) is 26.8. The molecule has 0 bridgehead atoms. The first-order valence-corrected chi connectivity index (χ1v) is 16.9. The molecule has 0 spiro atoms. The van der Waals surface area contributed by atoms with Crippen LogP contribution in [-0.4, -0.2) is 34.9 Å². The summed E-state index contributed by atoms with van der Waals surface area (Å²) in [6.45, 7) is 5.77. The van der Waals surface area contributed by atoms with Gasteiger partial charge in [-0.1, -0.05) is 62.8 Å². The lowest BCUT2D eigenvalue weighted by Gasteiger charge is -2.23. The van der Waals surface area contributed by atoms with Crippen LogP contribution in [0.15, 0.2) is 58.1 Å². The molecule has 3 aliphatic rings. The monoisotopic (exact) mass is 610 g/mol. The van der Waals surface area contributed by atoms with Gasteiger partial charge in [-0.2, -0.15) is 0 Å². The summed E-state index contributed by atoms with van der Waals surface area (Å²) in [6.07, 6.45) is 13.4. The van der Waals surface area contributed by atoms with Crippen LogP contribution in [0, 0.1) is 13.8 Å². The third-order valence-electron chi connectivity index (χ3n) is 10.1. The standard InChI is InChI=1S/C20H25NO3.C18H21NO2/c1-14-11-19(22)21(13-20-23-9-10-24-20)18-12-16(7-8-17(14)18)15-5-3-2-4-6-15;1-13-11-18(21)19(9-10-20)17-12-15(7-8-16(13)17)14-5-3-2-4-6-14/h7-8,11-12,15,20H,2-6,9-10,13H2,1H3;7-8,10-12,14H,2-6,9H2,1H3. The zero-order valence-electron chi connectivity index (χ0n) is 26.8. The predicted octanol–water partition coefficient (Wildman–Crippen LogP) is 7.29. The van der Waals surface area contributed by atoms with Crippen LogP contribution in [0.5, 0.6) is 0 Å². The maximum Gasteiger partial charge on any atom is 0.251 e. The molecule has 3 heterocycles. The van der Waals surface area contributed by atoms with Crippen molar-refractivity contribution in [3.8, 4) is 0 Å². The van der Waals surface area contributed by atoms with Crippen LogP contribution in [0.1, 0.15) is 98.3 Å². The van der Waals surface area contributed by atoms with Crippen molar-refractivity contribution in [3.63, 3.8) is 0 Å². The number of ether oxygens (including phenoxy) is 2. The van der Waals surface area contributed by atoms with Gasteiger partial charge in [0, 0.05) is 22.9 Å². The van der Waals surface area contributed by atoms with E-state index in [1.807, 2.05) is 18.4 Å². The van der Waals surface area contributed by atoms with E-state index in [1.54, 1.807) is 16.7 Å². The summed E-state index contributed by atoms with van der Waals surface area (Å²) >= 11 is 0. The van der Waals surface area contributed by atoms with Crippen molar-refractivity contribution in [2.75, 3.05) is 13.2 Å². The second kappa shape index (κ2) is 14.3. The number of carbonyl (C=O) groups is 1. The Balaban J connectivity index is 0.000000160. The minimum atomic E-state index is -0.313. The van der Waals surface area contributed by atoms with E-state index >= 15 is 0 Å². The number of benzene rings is 2. The second-order valence-corrected chi connectivity index (χ2v) is 13.1. The molecule has 2 saturated carbocycles. The van der Waals surface area contributed by atoms with Crippen LogP contribution in [0.2, 0.25) is 0 Å². The van der Waals surface area contributed by atoms with Gasteiger partial charge >= 0.3 is 0 Å². The molecule has 2 aromatic carbocycles. The van der Waals surface area contributed by atoms with Crippen molar-refractivity contribution in [3.05, 3.63) is 91.5 Å². The minimum absolute atomic E-state index is 0.0277. The molecular formula is C38H46N2O5. The molecule has 4 aromatic rings. The number of aldehydes is 1. The predicted molar refractivity (Wildman–Crippen MR) is 179 cm³/mol. The number of pyridine rings is 2. The number of aromatic nitrogens is 2. The van der Waals surface area contributed by atoms with Crippen molar-refractivity contribution in [2.45, 2.75) is 109 Å². The highest BCUT2D eigenvalue weighted by Gasteiger charge is 2.21. The molecule has 0 amide bonds. The molecule has 0 atom stereocenters. The smallest absolute Gasteiger partial charge is 0.251 e. The minimum Gasteiger partial charge on any atom is -0.348 e. The average molecular weight is 611 g/mol. The van der Waals surface area contributed by atoms with Crippen LogP contribution < -0.4 is 11.1 Å². The van der Waals surface area contributed by atoms with Crippen LogP contribution in [0.3, 0.4) is 0 Å². The molecule has 238 valence electrons. The lowest BCUT2D eigenvalue weighted by molar-refractivity contribution is -0.108. The molecule has 0 N–H and O–H groups in total. The van der Waals surface area contributed by atoms with Crippen molar-refractivity contribution < 1.29 is 14.3 Å². The first-order chi connectivity index (χ1) is 21.9. The highest BCUT2D eigenvalue weighted by atomic mass is 16.7. The maximum absolute atomic E-state index is 12.6. The molecular weight excluding hydrogens is 564 g/mol.